The number of rotatable bonds is 7. The summed E-state index contributed by atoms with van der Waals surface area (Å²) in [5.74, 6) is 1.31. The molecule has 0 saturated carbocycles. The summed E-state index contributed by atoms with van der Waals surface area (Å²) < 4.78 is 10.6. The maximum Gasteiger partial charge on any atom is 0.243 e. The Balaban J connectivity index is 1.52. The molecule has 0 fully saturated rings. The van der Waals surface area contributed by atoms with Gasteiger partial charge in [0.25, 0.3) is 0 Å². The van der Waals surface area contributed by atoms with E-state index in [1.54, 1.807) is 0 Å². The molecule has 0 unspecified atom stereocenters. The van der Waals surface area contributed by atoms with Crippen molar-refractivity contribution in [3.05, 3.63) is 42.5 Å². The van der Waals surface area contributed by atoms with Gasteiger partial charge < -0.3 is 25.0 Å². The molecule has 0 spiro atoms. The molecule has 0 saturated heterocycles. The average Bonchev–Trinajstić information content (AvgIpc) is 3.10. The largest absolute Gasteiger partial charge is 0.454 e. The lowest BCUT2D eigenvalue weighted by atomic mass is 10.2. The van der Waals surface area contributed by atoms with Gasteiger partial charge in [0.2, 0.25) is 12.7 Å². The number of fused-ring (bicyclic) bond motifs is 1. The Labute approximate surface area is 147 Å². The van der Waals surface area contributed by atoms with Gasteiger partial charge in [-0.25, -0.2) is 0 Å². The molecule has 1 amide bonds. The minimum absolute atomic E-state index is 0.103. The summed E-state index contributed by atoms with van der Waals surface area (Å²) in [6, 6.07) is 13.4. The first-order chi connectivity index (χ1) is 12.2. The van der Waals surface area contributed by atoms with E-state index in [9.17, 15) is 4.79 Å². The number of carbonyl (C=O) groups is 1. The van der Waals surface area contributed by atoms with Gasteiger partial charge in [-0.1, -0.05) is 0 Å². The lowest BCUT2D eigenvalue weighted by Crippen LogP contribution is -2.23. The van der Waals surface area contributed by atoms with E-state index >= 15 is 0 Å². The van der Waals surface area contributed by atoms with E-state index in [-0.39, 0.29) is 19.2 Å². The minimum atomic E-state index is -0.103. The van der Waals surface area contributed by atoms with Crippen LogP contribution in [-0.2, 0) is 4.79 Å². The molecule has 6 heteroatoms. The molecule has 3 rings (SSSR count). The van der Waals surface area contributed by atoms with Gasteiger partial charge in [-0.05, 0) is 50.2 Å². The minimum Gasteiger partial charge on any atom is -0.454 e. The predicted octanol–water partition coefficient (Wildman–Crippen LogP) is 3.31. The van der Waals surface area contributed by atoms with Crippen LogP contribution in [0.4, 0.5) is 17.1 Å². The van der Waals surface area contributed by atoms with Crippen molar-refractivity contribution in [1.82, 2.24) is 0 Å². The van der Waals surface area contributed by atoms with Gasteiger partial charge in [-0.3, -0.25) is 4.79 Å². The summed E-state index contributed by atoms with van der Waals surface area (Å²) in [4.78, 5) is 14.4. The van der Waals surface area contributed by atoms with Crippen LogP contribution in [0.1, 0.15) is 13.8 Å². The van der Waals surface area contributed by atoms with Crippen molar-refractivity contribution in [3.63, 3.8) is 0 Å². The number of anilines is 3. The van der Waals surface area contributed by atoms with Gasteiger partial charge in [0.05, 0.1) is 6.54 Å². The second kappa shape index (κ2) is 7.79. The number of ether oxygens (including phenoxy) is 2. The molecule has 2 N–H and O–H groups in total. The maximum absolute atomic E-state index is 12.1. The highest BCUT2D eigenvalue weighted by molar-refractivity contribution is 5.93. The molecule has 6 nitrogen and oxygen atoms in total. The third kappa shape index (κ3) is 4.15. The van der Waals surface area contributed by atoms with Crippen LogP contribution in [0.3, 0.4) is 0 Å². The molecule has 1 aliphatic heterocycles. The summed E-state index contributed by atoms with van der Waals surface area (Å²) in [7, 11) is 0. The predicted molar refractivity (Wildman–Crippen MR) is 99.7 cm³/mol. The van der Waals surface area contributed by atoms with Crippen LogP contribution in [0.25, 0.3) is 0 Å². The van der Waals surface area contributed by atoms with E-state index in [4.69, 9.17) is 9.47 Å². The Morgan fingerprint density at radius 1 is 1.00 bits per heavy atom. The Morgan fingerprint density at radius 3 is 2.40 bits per heavy atom. The van der Waals surface area contributed by atoms with Crippen molar-refractivity contribution in [2.45, 2.75) is 13.8 Å². The van der Waals surface area contributed by atoms with E-state index in [1.165, 1.54) is 0 Å². The average molecular weight is 341 g/mol. The van der Waals surface area contributed by atoms with E-state index < -0.39 is 0 Å². The van der Waals surface area contributed by atoms with Crippen molar-refractivity contribution in [3.8, 4) is 11.5 Å². The molecule has 132 valence electrons. The van der Waals surface area contributed by atoms with Crippen LogP contribution >= 0.6 is 0 Å². The molecule has 0 radical (unpaired) electrons. The summed E-state index contributed by atoms with van der Waals surface area (Å²) >= 11 is 0. The Bertz CT molecular complexity index is 727. The van der Waals surface area contributed by atoms with Gasteiger partial charge >= 0.3 is 0 Å². The van der Waals surface area contributed by atoms with Crippen molar-refractivity contribution >= 4 is 23.0 Å². The maximum atomic E-state index is 12.1. The molecule has 0 atom stereocenters. The Hall–Kier alpha value is -2.89. The van der Waals surface area contributed by atoms with Gasteiger partial charge in [0.15, 0.2) is 11.5 Å². The molecular weight excluding hydrogens is 318 g/mol. The van der Waals surface area contributed by atoms with Crippen molar-refractivity contribution in [1.29, 1.82) is 0 Å². The van der Waals surface area contributed by atoms with Crippen molar-refractivity contribution in [2.24, 2.45) is 0 Å². The first kappa shape index (κ1) is 17.0. The van der Waals surface area contributed by atoms with Crippen LogP contribution < -0.4 is 25.0 Å². The highest BCUT2D eigenvalue weighted by Crippen LogP contribution is 2.34. The normalized spacial score (nSPS) is 11.9. The fraction of sp³-hybridized carbons (Fsp3) is 0.316. The molecule has 1 aliphatic rings. The molecule has 2 aromatic carbocycles. The van der Waals surface area contributed by atoms with Gasteiger partial charge in [-0.15, -0.1) is 0 Å². The lowest BCUT2D eigenvalue weighted by Gasteiger charge is -2.21. The van der Waals surface area contributed by atoms with E-state index in [0.717, 1.165) is 35.9 Å². The quantitative estimate of drug-likeness (QED) is 0.809. The Kier molecular flexibility index (Phi) is 5.28. The van der Waals surface area contributed by atoms with Crippen LogP contribution in [-0.4, -0.2) is 32.3 Å². The number of nitrogens with zero attached hydrogens (tertiary/aromatic N) is 1. The summed E-state index contributed by atoms with van der Waals surface area (Å²) in [6.45, 7) is 6.59. The zero-order chi connectivity index (χ0) is 17.6. The highest BCUT2D eigenvalue weighted by Gasteiger charge is 2.13. The second-order valence-corrected chi connectivity index (χ2v) is 5.69. The smallest absolute Gasteiger partial charge is 0.243 e. The number of hydrogen-bond acceptors (Lipinski definition) is 5. The Morgan fingerprint density at radius 2 is 1.68 bits per heavy atom. The van der Waals surface area contributed by atoms with Gasteiger partial charge in [0.1, 0.15) is 0 Å². The molecule has 25 heavy (non-hydrogen) atoms. The fourth-order valence-corrected chi connectivity index (χ4v) is 2.74. The zero-order valence-corrected chi connectivity index (χ0v) is 14.5. The van der Waals surface area contributed by atoms with Gasteiger partial charge in [0, 0.05) is 36.2 Å². The molecular formula is C19H23N3O3. The monoisotopic (exact) mass is 341 g/mol. The number of amides is 1. The fourth-order valence-electron chi connectivity index (χ4n) is 2.74. The molecule has 2 aromatic rings. The SMILES string of the molecule is CCN(CC)c1ccc(NC(=O)CNc2ccc3c(c2)OCO3)cc1. The summed E-state index contributed by atoms with van der Waals surface area (Å²) in [5.41, 5.74) is 2.76. The molecule has 0 aliphatic carbocycles. The molecule has 0 bridgehead atoms. The number of nitrogens with one attached hydrogen (secondary N) is 2. The van der Waals surface area contributed by atoms with E-state index in [2.05, 4.69) is 29.4 Å². The zero-order valence-electron chi connectivity index (χ0n) is 14.5. The number of benzene rings is 2. The lowest BCUT2D eigenvalue weighted by molar-refractivity contribution is -0.114. The highest BCUT2D eigenvalue weighted by atomic mass is 16.7. The van der Waals surface area contributed by atoms with Crippen molar-refractivity contribution < 1.29 is 14.3 Å². The van der Waals surface area contributed by atoms with Crippen LogP contribution in [0.2, 0.25) is 0 Å². The summed E-state index contributed by atoms with van der Waals surface area (Å²) in [6.07, 6.45) is 0. The number of carbonyl (C=O) groups excluding carboxylic acids is 1. The van der Waals surface area contributed by atoms with E-state index in [0.29, 0.717) is 5.75 Å². The second-order valence-electron chi connectivity index (χ2n) is 5.69. The first-order valence-electron chi connectivity index (χ1n) is 8.48. The van der Waals surface area contributed by atoms with E-state index in [1.807, 2.05) is 42.5 Å². The summed E-state index contributed by atoms with van der Waals surface area (Å²) in [5, 5.41) is 5.98. The van der Waals surface area contributed by atoms with Crippen LogP contribution in [0, 0.1) is 0 Å². The van der Waals surface area contributed by atoms with Crippen LogP contribution in [0.15, 0.2) is 42.5 Å². The van der Waals surface area contributed by atoms with Crippen LogP contribution in [0.5, 0.6) is 11.5 Å². The third-order valence-corrected chi connectivity index (χ3v) is 4.11. The number of hydrogen-bond donors (Lipinski definition) is 2. The third-order valence-electron chi connectivity index (χ3n) is 4.11. The molecule has 1 heterocycles. The standard InChI is InChI=1S/C19H23N3O3/c1-3-22(4-2)16-8-5-14(6-9-16)21-19(23)12-20-15-7-10-17-18(11-15)25-13-24-17/h5-11,20H,3-4,12-13H2,1-2H3,(H,21,23). The van der Waals surface area contributed by atoms with Gasteiger partial charge in [-0.2, -0.15) is 0 Å². The molecule has 0 aromatic heterocycles. The van der Waals surface area contributed by atoms with Crippen molar-refractivity contribution in [2.75, 3.05) is 42.0 Å². The first-order valence-corrected chi connectivity index (χ1v) is 8.48. The topological polar surface area (TPSA) is 62.8 Å².